The van der Waals surface area contributed by atoms with Crippen LogP contribution in [-0.4, -0.2) is 31.7 Å². The fourth-order valence-corrected chi connectivity index (χ4v) is 1.92. The maximum Gasteiger partial charge on any atom is 0.260 e. The normalized spacial score (nSPS) is 13.4. The molecule has 3 N–H and O–H groups in total. The van der Waals surface area contributed by atoms with Gasteiger partial charge < -0.3 is 20.5 Å². The third-order valence-corrected chi connectivity index (χ3v) is 3.04. The highest BCUT2D eigenvalue weighted by molar-refractivity contribution is 5.80. The first-order valence-corrected chi connectivity index (χ1v) is 7.34. The number of amides is 1. The van der Waals surface area contributed by atoms with Gasteiger partial charge in [0.15, 0.2) is 6.10 Å². The largest absolute Gasteiger partial charge is 0.497 e. The van der Waals surface area contributed by atoms with E-state index in [1.165, 1.54) is 0 Å². The van der Waals surface area contributed by atoms with E-state index in [9.17, 15) is 4.79 Å². The Kier molecular flexibility index (Phi) is 7.02. The molecule has 0 aliphatic carbocycles. The van der Waals surface area contributed by atoms with Crippen molar-refractivity contribution in [3.8, 4) is 11.5 Å². The van der Waals surface area contributed by atoms with E-state index in [1.807, 2.05) is 26.0 Å². The number of hydrogen-bond acceptors (Lipinski definition) is 4. The van der Waals surface area contributed by atoms with Crippen LogP contribution in [0.15, 0.2) is 18.2 Å². The fourth-order valence-electron chi connectivity index (χ4n) is 1.92. The molecule has 1 aromatic carbocycles. The number of nitrogens with two attached hydrogens (primary N) is 1. The number of hydrogen-bond donors (Lipinski definition) is 2. The van der Waals surface area contributed by atoms with E-state index in [4.69, 9.17) is 15.2 Å². The van der Waals surface area contributed by atoms with Crippen LogP contribution in [-0.2, 0) is 11.2 Å². The van der Waals surface area contributed by atoms with Crippen LogP contribution in [0.1, 0.15) is 32.8 Å². The molecule has 0 bridgehead atoms. The molecule has 0 saturated carbocycles. The van der Waals surface area contributed by atoms with Crippen molar-refractivity contribution in [1.29, 1.82) is 0 Å². The lowest BCUT2D eigenvalue weighted by atomic mass is 10.1. The topological polar surface area (TPSA) is 73.6 Å². The minimum absolute atomic E-state index is 0.0185. The average Bonchev–Trinajstić information content (AvgIpc) is 2.45. The highest BCUT2D eigenvalue weighted by atomic mass is 16.5. The zero-order valence-electron chi connectivity index (χ0n) is 13.3. The molecule has 2 unspecified atom stereocenters. The Labute approximate surface area is 126 Å². The molecule has 0 saturated heterocycles. The van der Waals surface area contributed by atoms with Crippen molar-refractivity contribution >= 4 is 5.91 Å². The molecule has 0 fully saturated rings. The molecule has 0 aliphatic heterocycles. The van der Waals surface area contributed by atoms with Gasteiger partial charge in [-0.3, -0.25) is 4.79 Å². The van der Waals surface area contributed by atoms with Crippen molar-refractivity contribution in [2.45, 2.75) is 45.8 Å². The number of benzene rings is 1. The van der Waals surface area contributed by atoms with Crippen molar-refractivity contribution in [3.05, 3.63) is 23.8 Å². The third-order valence-electron chi connectivity index (χ3n) is 3.04. The number of rotatable bonds is 8. The Morgan fingerprint density at radius 1 is 1.38 bits per heavy atom. The summed E-state index contributed by atoms with van der Waals surface area (Å²) in [5, 5.41) is 2.82. The lowest BCUT2D eigenvalue weighted by Gasteiger charge is -2.18. The maximum atomic E-state index is 11.9. The van der Waals surface area contributed by atoms with Gasteiger partial charge in [0.05, 0.1) is 7.11 Å². The van der Waals surface area contributed by atoms with Crippen molar-refractivity contribution in [2.24, 2.45) is 5.73 Å². The van der Waals surface area contributed by atoms with Crippen molar-refractivity contribution in [3.63, 3.8) is 0 Å². The number of ether oxygens (including phenoxy) is 2. The Balaban J connectivity index is 2.85. The highest BCUT2D eigenvalue weighted by Crippen LogP contribution is 2.26. The minimum atomic E-state index is -0.560. The second kappa shape index (κ2) is 8.52. The first-order chi connectivity index (χ1) is 9.97. The summed E-state index contributed by atoms with van der Waals surface area (Å²) in [5.41, 5.74) is 6.83. The SMILES string of the molecule is CCCNC(=O)C(C)Oc1cc(OC)ccc1CC(C)N. The van der Waals surface area contributed by atoms with Gasteiger partial charge in [0, 0.05) is 18.7 Å². The standard InChI is InChI=1S/C16H26N2O3/c1-5-8-18-16(19)12(3)21-15-10-14(20-4)7-6-13(15)9-11(2)17/h6-7,10-12H,5,8-9,17H2,1-4H3,(H,18,19). The van der Waals surface area contributed by atoms with E-state index in [0.717, 1.165) is 12.0 Å². The summed E-state index contributed by atoms with van der Waals surface area (Å²) in [7, 11) is 1.60. The molecule has 2 atom stereocenters. The van der Waals surface area contributed by atoms with E-state index in [0.29, 0.717) is 24.5 Å². The van der Waals surface area contributed by atoms with Gasteiger partial charge in [-0.15, -0.1) is 0 Å². The van der Waals surface area contributed by atoms with E-state index >= 15 is 0 Å². The van der Waals surface area contributed by atoms with Crippen LogP contribution in [0.2, 0.25) is 0 Å². The van der Waals surface area contributed by atoms with Crippen LogP contribution < -0.4 is 20.5 Å². The summed E-state index contributed by atoms with van der Waals surface area (Å²) in [5.74, 6) is 1.22. The van der Waals surface area contributed by atoms with Crippen molar-refractivity contribution in [1.82, 2.24) is 5.32 Å². The molecule has 1 amide bonds. The van der Waals surface area contributed by atoms with Crippen LogP contribution >= 0.6 is 0 Å². The average molecular weight is 294 g/mol. The number of methoxy groups -OCH3 is 1. The molecule has 0 radical (unpaired) electrons. The highest BCUT2D eigenvalue weighted by Gasteiger charge is 2.17. The van der Waals surface area contributed by atoms with Gasteiger partial charge in [0.1, 0.15) is 11.5 Å². The minimum Gasteiger partial charge on any atom is -0.497 e. The number of carbonyl (C=O) groups is 1. The zero-order chi connectivity index (χ0) is 15.8. The van der Waals surface area contributed by atoms with E-state index in [1.54, 1.807) is 20.1 Å². The summed E-state index contributed by atoms with van der Waals surface area (Å²) in [6.45, 7) is 6.33. The van der Waals surface area contributed by atoms with Crippen LogP contribution in [0.4, 0.5) is 0 Å². The molecule has 0 heterocycles. The maximum absolute atomic E-state index is 11.9. The van der Waals surface area contributed by atoms with E-state index < -0.39 is 6.10 Å². The first-order valence-electron chi connectivity index (χ1n) is 7.34. The quantitative estimate of drug-likeness (QED) is 0.768. The Hall–Kier alpha value is -1.75. The van der Waals surface area contributed by atoms with Crippen molar-refractivity contribution in [2.75, 3.05) is 13.7 Å². The zero-order valence-corrected chi connectivity index (χ0v) is 13.3. The first kappa shape index (κ1) is 17.3. The third kappa shape index (κ3) is 5.63. The molecule has 118 valence electrons. The van der Waals surface area contributed by atoms with Gasteiger partial charge in [0.2, 0.25) is 0 Å². The lowest BCUT2D eigenvalue weighted by molar-refractivity contribution is -0.127. The van der Waals surface area contributed by atoms with Gasteiger partial charge in [-0.25, -0.2) is 0 Å². The molecule has 1 rings (SSSR count). The predicted octanol–water partition coefficient (Wildman–Crippen LogP) is 1.88. The van der Waals surface area contributed by atoms with Gasteiger partial charge >= 0.3 is 0 Å². The molecule has 5 heteroatoms. The van der Waals surface area contributed by atoms with Crippen LogP contribution in [0.25, 0.3) is 0 Å². The number of carbonyl (C=O) groups excluding carboxylic acids is 1. The smallest absolute Gasteiger partial charge is 0.260 e. The molecule has 1 aromatic rings. The van der Waals surface area contributed by atoms with Crippen LogP contribution in [0, 0.1) is 0 Å². The lowest BCUT2D eigenvalue weighted by Crippen LogP contribution is -2.36. The predicted molar refractivity (Wildman–Crippen MR) is 83.7 cm³/mol. The summed E-state index contributed by atoms with van der Waals surface area (Å²) in [6, 6.07) is 5.60. The molecule has 21 heavy (non-hydrogen) atoms. The second-order valence-corrected chi connectivity index (χ2v) is 5.21. The summed E-state index contributed by atoms with van der Waals surface area (Å²) >= 11 is 0. The number of nitrogens with one attached hydrogen (secondary N) is 1. The summed E-state index contributed by atoms with van der Waals surface area (Å²) < 4.78 is 11.0. The molecule has 0 aromatic heterocycles. The van der Waals surface area contributed by atoms with Gasteiger partial charge in [-0.05, 0) is 38.3 Å². The molecular weight excluding hydrogens is 268 g/mol. The second-order valence-electron chi connectivity index (χ2n) is 5.21. The van der Waals surface area contributed by atoms with Gasteiger partial charge in [-0.1, -0.05) is 13.0 Å². The molecule has 0 aliphatic rings. The Bertz CT molecular complexity index is 461. The summed E-state index contributed by atoms with van der Waals surface area (Å²) in [4.78, 5) is 11.9. The fraction of sp³-hybridized carbons (Fsp3) is 0.562. The van der Waals surface area contributed by atoms with Gasteiger partial charge in [-0.2, -0.15) is 0 Å². The Morgan fingerprint density at radius 2 is 2.10 bits per heavy atom. The summed E-state index contributed by atoms with van der Waals surface area (Å²) in [6.07, 6.45) is 1.02. The van der Waals surface area contributed by atoms with E-state index in [-0.39, 0.29) is 11.9 Å². The monoisotopic (exact) mass is 294 g/mol. The Morgan fingerprint density at radius 3 is 2.67 bits per heavy atom. The van der Waals surface area contributed by atoms with Crippen LogP contribution in [0.3, 0.4) is 0 Å². The van der Waals surface area contributed by atoms with Gasteiger partial charge in [0.25, 0.3) is 5.91 Å². The van der Waals surface area contributed by atoms with Crippen LogP contribution in [0.5, 0.6) is 11.5 Å². The molecular formula is C16H26N2O3. The van der Waals surface area contributed by atoms with Crippen molar-refractivity contribution < 1.29 is 14.3 Å². The molecule has 5 nitrogen and oxygen atoms in total. The van der Waals surface area contributed by atoms with E-state index in [2.05, 4.69) is 5.32 Å². The molecule has 0 spiro atoms.